The molecule has 2 rings (SSSR count). The van der Waals surface area contributed by atoms with Crippen LogP contribution in [0.25, 0.3) is 0 Å². The van der Waals surface area contributed by atoms with Crippen LogP contribution in [-0.2, 0) is 0 Å². The fourth-order valence-corrected chi connectivity index (χ4v) is 2.60. The first-order valence-electron chi connectivity index (χ1n) is 4.65. The van der Waals surface area contributed by atoms with Crippen LogP contribution in [-0.4, -0.2) is 10.9 Å². The molecule has 2 aliphatic carbocycles. The monoisotopic (exact) mass is 165 g/mol. The maximum atomic E-state index is 8.68. The van der Waals surface area contributed by atoms with Crippen LogP contribution in [0.3, 0.4) is 0 Å². The van der Waals surface area contributed by atoms with Crippen molar-refractivity contribution in [1.82, 2.24) is 0 Å². The van der Waals surface area contributed by atoms with Crippen LogP contribution in [0.15, 0.2) is 16.8 Å². The SMILES string of the molecule is CC1=CC2C/C(=N\O)CC(C1)C2. The van der Waals surface area contributed by atoms with E-state index in [2.05, 4.69) is 18.2 Å². The minimum absolute atomic E-state index is 0.656. The molecule has 0 saturated heterocycles. The maximum Gasteiger partial charge on any atom is 0.0579 e. The zero-order chi connectivity index (χ0) is 8.55. The zero-order valence-corrected chi connectivity index (χ0v) is 7.45. The lowest BCUT2D eigenvalue weighted by molar-refractivity contribution is 0.300. The van der Waals surface area contributed by atoms with Crippen molar-refractivity contribution in [3.05, 3.63) is 11.6 Å². The van der Waals surface area contributed by atoms with E-state index in [0.717, 1.165) is 24.5 Å². The summed E-state index contributed by atoms with van der Waals surface area (Å²) < 4.78 is 0. The summed E-state index contributed by atoms with van der Waals surface area (Å²) in [5.74, 6) is 1.41. The molecule has 2 aliphatic rings. The van der Waals surface area contributed by atoms with E-state index in [1.807, 2.05) is 0 Å². The third-order valence-electron chi connectivity index (χ3n) is 2.93. The van der Waals surface area contributed by atoms with E-state index >= 15 is 0 Å². The van der Waals surface area contributed by atoms with Gasteiger partial charge in [-0.15, -0.1) is 0 Å². The average Bonchev–Trinajstić information content (AvgIpc) is 2.02. The Balaban J connectivity index is 2.17. The van der Waals surface area contributed by atoms with Crippen molar-refractivity contribution in [3.8, 4) is 0 Å². The number of oxime groups is 1. The molecule has 12 heavy (non-hydrogen) atoms. The number of nitrogens with zero attached hydrogens (tertiary/aromatic N) is 1. The number of hydrogen-bond acceptors (Lipinski definition) is 2. The minimum atomic E-state index is 0.656. The molecule has 1 fully saturated rings. The second-order valence-corrected chi connectivity index (χ2v) is 4.15. The molecule has 0 amide bonds. The smallest absolute Gasteiger partial charge is 0.0579 e. The quantitative estimate of drug-likeness (QED) is 0.334. The molecule has 0 radical (unpaired) electrons. The molecule has 0 aliphatic heterocycles. The Morgan fingerprint density at radius 2 is 2.25 bits per heavy atom. The van der Waals surface area contributed by atoms with Gasteiger partial charge in [-0.25, -0.2) is 0 Å². The van der Waals surface area contributed by atoms with Gasteiger partial charge in [0.15, 0.2) is 0 Å². The molecule has 0 aromatic rings. The van der Waals surface area contributed by atoms with Crippen LogP contribution in [0.1, 0.15) is 32.6 Å². The summed E-state index contributed by atoms with van der Waals surface area (Å²) in [5, 5.41) is 12.0. The van der Waals surface area contributed by atoms with Gasteiger partial charge in [0.2, 0.25) is 0 Å². The van der Waals surface area contributed by atoms with Crippen LogP contribution in [0.5, 0.6) is 0 Å². The predicted molar refractivity (Wildman–Crippen MR) is 48.4 cm³/mol. The van der Waals surface area contributed by atoms with Gasteiger partial charge < -0.3 is 5.21 Å². The Labute approximate surface area is 73.0 Å². The molecule has 2 atom stereocenters. The van der Waals surface area contributed by atoms with Crippen LogP contribution in [0, 0.1) is 11.8 Å². The molecular formula is C10H15NO. The van der Waals surface area contributed by atoms with Crippen LogP contribution in [0.4, 0.5) is 0 Å². The Hall–Kier alpha value is -0.790. The highest BCUT2D eigenvalue weighted by Gasteiger charge is 2.28. The first kappa shape index (κ1) is 7.84. The summed E-state index contributed by atoms with van der Waals surface area (Å²) in [6.45, 7) is 2.21. The Bertz CT molecular complexity index is 242. The predicted octanol–water partition coefficient (Wildman–Crippen LogP) is 2.58. The molecule has 2 heteroatoms. The van der Waals surface area contributed by atoms with Crippen molar-refractivity contribution in [2.75, 3.05) is 0 Å². The van der Waals surface area contributed by atoms with E-state index in [1.54, 1.807) is 0 Å². The number of fused-ring (bicyclic) bond motifs is 2. The Kier molecular flexibility index (Phi) is 1.91. The molecule has 0 aromatic carbocycles. The van der Waals surface area contributed by atoms with Crippen LogP contribution >= 0.6 is 0 Å². The van der Waals surface area contributed by atoms with E-state index < -0.39 is 0 Å². The number of allylic oxidation sites excluding steroid dienone is 2. The van der Waals surface area contributed by atoms with Gasteiger partial charge in [-0.1, -0.05) is 16.8 Å². The first-order valence-corrected chi connectivity index (χ1v) is 4.65. The topological polar surface area (TPSA) is 32.6 Å². The maximum absolute atomic E-state index is 8.68. The molecule has 2 nitrogen and oxygen atoms in total. The minimum Gasteiger partial charge on any atom is -0.411 e. The molecule has 66 valence electrons. The second-order valence-electron chi connectivity index (χ2n) is 4.15. The van der Waals surface area contributed by atoms with Gasteiger partial charge in [0, 0.05) is 0 Å². The third-order valence-corrected chi connectivity index (χ3v) is 2.93. The number of hydrogen-bond donors (Lipinski definition) is 1. The standard InChI is InChI=1S/C10H15NO/c1-7-2-8-4-9(3-7)6-10(5-8)11-12/h2,8-9,12H,3-6H2,1H3/b11-10+. The van der Waals surface area contributed by atoms with Gasteiger partial charge in [-0.05, 0) is 44.4 Å². The zero-order valence-electron chi connectivity index (χ0n) is 7.45. The van der Waals surface area contributed by atoms with Crippen molar-refractivity contribution < 1.29 is 5.21 Å². The van der Waals surface area contributed by atoms with Crippen molar-refractivity contribution in [2.24, 2.45) is 17.0 Å². The highest BCUT2D eigenvalue weighted by molar-refractivity contribution is 5.85. The van der Waals surface area contributed by atoms with Crippen molar-refractivity contribution in [2.45, 2.75) is 32.6 Å². The summed E-state index contributed by atoms with van der Waals surface area (Å²) in [4.78, 5) is 0. The highest BCUT2D eigenvalue weighted by Crippen LogP contribution is 2.37. The third kappa shape index (κ3) is 1.38. The van der Waals surface area contributed by atoms with Gasteiger partial charge in [0.1, 0.15) is 0 Å². The second kappa shape index (κ2) is 2.92. The lowest BCUT2D eigenvalue weighted by Gasteiger charge is -2.32. The van der Waals surface area contributed by atoms with E-state index in [0.29, 0.717) is 5.92 Å². The van der Waals surface area contributed by atoms with Gasteiger partial charge in [-0.2, -0.15) is 0 Å². The lowest BCUT2D eigenvalue weighted by atomic mass is 9.73. The summed E-state index contributed by atoms with van der Waals surface area (Å²) >= 11 is 0. The molecule has 1 N–H and O–H groups in total. The first-order chi connectivity index (χ1) is 5.78. The van der Waals surface area contributed by atoms with Gasteiger partial charge >= 0.3 is 0 Å². The molecule has 0 aromatic heterocycles. The molecular weight excluding hydrogens is 150 g/mol. The fourth-order valence-electron chi connectivity index (χ4n) is 2.60. The normalized spacial score (nSPS) is 38.1. The van der Waals surface area contributed by atoms with E-state index in [1.165, 1.54) is 18.4 Å². The molecule has 2 unspecified atom stereocenters. The van der Waals surface area contributed by atoms with Gasteiger partial charge in [-0.3, -0.25) is 0 Å². The van der Waals surface area contributed by atoms with Crippen molar-refractivity contribution in [1.29, 1.82) is 0 Å². The Morgan fingerprint density at radius 1 is 1.42 bits per heavy atom. The number of rotatable bonds is 0. The van der Waals surface area contributed by atoms with Gasteiger partial charge in [0.25, 0.3) is 0 Å². The van der Waals surface area contributed by atoms with Crippen molar-refractivity contribution >= 4 is 5.71 Å². The summed E-state index contributed by atoms with van der Waals surface area (Å²) in [6, 6.07) is 0. The molecule has 0 spiro atoms. The average molecular weight is 165 g/mol. The highest BCUT2D eigenvalue weighted by atomic mass is 16.4. The van der Waals surface area contributed by atoms with E-state index in [-0.39, 0.29) is 0 Å². The largest absolute Gasteiger partial charge is 0.411 e. The van der Waals surface area contributed by atoms with E-state index in [4.69, 9.17) is 5.21 Å². The van der Waals surface area contributed by atoms with Crippen LogP contribution in [0.2, 0.25) is 0 Å². The molecule has 1 saturated carbocycles. The summed E-state index contributed by atoms with van der Waals surface area (Å²) in [5.41, 5.74) is 2.52. The van der Waals surface area contributed by atoms with Crippen molar-refractivity contribution in [3.63, 3.8) is 0 Å². The van der Waals surface area contributed by atoms with E-state index in [9.17, 15) is 0 Å². The lowest BCUT2D eigenvalue weighted by Crippen LogP contribution is -2.25. The van der Waals surface area contributed by atoms with Gasteiger partial charge in [0.05, 0.1) is 5.71 Å². The fraction of sp³-hybridized carbons (Fsp3) is 0.700. The Morgan fingerprint density at radius 3 is 2.92 bits per heavy atom. The summed E-state index contributed by atoms with van der Waals surface area (Å²) in [7, 11) is 0. The molecule has 2 bridgehead atoms. The van der Waals surface area contributed by atoms with Crippen LogP contribution < -0.4 is 0 Å². The molecule has 0 heterocycles. The summed E-state index contributed by atoms with van der Waals surface area (Å²) in [6.07, 6.45) is 6.84.